The molecule has 30 heavy (non-hydrogen) atoms. The molecule has 0 spiro atoms. The second-order valence-electron chi connectivity index (χ2n) is 6.51. The molecular formula is C22H16F2N4O2. The average molecular weight is 406 g/mol. The minimum Gasteiger partial charge on any atom is -0.303 e. The number of aromatic nitrogens is 2. The van der Waals surface area contributed by atoms with Gasteiger partial charge in [0.05, 0.1) is 12.1 Å². The first-order valence-electron chi connectivity index (χ1n) is 9.08. The van der Waals surface area contributed by atoms with E-state index in [0.717, 1.165) is 17.7 Å². The molecule has 0 aliphatic carbocycles. The lowest BCUT2D eigenvalue weighted by atomic mass is 10.2. The Kier molecular flexibility index (Phi) is 5.21. The molecule has 0 saturated heterocycles. The van der Waals surface area contributed by atoms with Crippen molar-refractivity contribution in [1.82, 2.24) is 9.55 Å². The minimum atomic E-state index is -0.911. The Bertz CT molecular complexity index is 1270. The standard InChI is InChI=1S/C22H16F2N4O2/c23-16-10-6-11-17(24)19(16)26-21(29)27-20-15-9-4-5-12-18(15)25-22(30)28(20)13-14-7-2-1-3-8-14/h1-12H,13H2,(H2,26,27,29). The molecule has 0 atom stereocenters. The molecule has 3 aromatic carbocycles. The normalized spacial score (nSPS) is 10.7. The highest BCUT2D eigenvalue weighted by atomic mass is 19.1. The molecule has 1 heterocycles. The quantitative estimate of drug-likeness (QED) is 0.529. The van der Waals surface area contributed by atoms with Crippen LogP contribution in [0.3, 0.4) is 0 Å². The first kappa shape index (κ1) is 19.3. The number of rotatable bonds is 4. The van der Waals surface area contributed by atoms with Crippen molar-refractivity contribution in [2.45, 2.75) is 6.54 Å². The minimum absolute atomic E-state index is 0.154. The molecule has 0 aliphatic rings. The van der Waals surface area contributed by atoms with Crippen LogP contribution in [-0.2, 0) is 6.54 Å². The first-order valence-corrected chi connectivity index (χ1v) is 9.08. The Labute approximate surface area is 169 Å². The smallest absolute Gasteiger partial charge is 0.303 e. The van der Waals surface area contributed by atoms with Gasteiger partial charge in [0.2, 0.25) is 0 Å². The number of benzene rings is 3. The monoisotopic (exact) mass is 406 g/mol. The van der Waals surface area contributed by atoms with Crippen molar-refractivity contribution in [3.8, 4) is 0 Å². The van der Waals surface area contributed by atoms with Gasteiger partial charge in [0, 0.05) is 5.39 Å². The van der Waals surface area contributed by atoms with E-state index >= 15 is 0 Å². The number of halogens is 2. The van der Waals surface area contributed by atoms with E-state index in [1.165, 1.54) is 10.6 Å². The van der Waals surface area contributed by atoms with Crippen molar-refractivity contribution in [1.29, 1.82) is 0 Å². The molecule has 150 valence electrons. The predicted octanol–water partition coefficient (Wildman–Crippen LogP) is 4.37. The third-order valence-electron chi connectivity index (χ3n) is 4.49. The van der Waals surface area contributed by atoms with Crippen LogP contribution in [0.1, 0.15) is 5.56 Å². The number of nitrogens with zero attached hydrogens (tertiary/aromatic N) is 2. The Morgan fingerprint density at radius 3 is 2.27 bits per heavy atom. The lowest BCUT2D eigenvalue weighted by molar-refractivity contribution is 0.261. The molecule has 2 amide bonds. The zero-order chi connectivity index (χ0) is 21.1. The molecule has 1 aromatic heterocycles. The first-order chi connectivity index (χ1) is 14.5. The zero-order valence-corrected chi connectivity index (χ0v) is 15.6. The number of nitrogens with one attached hydrogen (secondary N) is 2. The van der Waals surface area contributed by atoms with Crippen LogP contribution in [0.15, 0.2) is 77.6 Å². The summed E-state index contributed by atoms with van der Waals surface area (Å²) in [4.78, 5) is 29.3. The summed E-state index contributed by atoms with van der Waals surface area (Å²) in [6, 6.07) is 18.3. The highest BCUT2D eigenvalue weighted by Crippen LogP contribution is 2.22. The van der Waals surface area contributed by atoms with Gasteiger partial charge in [-0.15, -0.1) is 0 Å². The molecule has 0 aliphatic heterocycles. The van der Waals surface area contributed by atoms with Crippen LogP contribution in [0.5, 0.6) is 0 Å². The number of urea groups is 1. The highest BCUT2D eigenvalue weighted by Gasteiger charge is 2.17. The van der Waals surface area contributed by atoms with E-state index in [1.807, 2.05) is 30.3 Å². The molecule has 6 nitrogen and oxygen atoms in total. The fourth-order valence-corrected chi connectivity index (χ4v) is 3.09. The Morgan fingerprint density at radius 2 is 1.53 bits per heavy atom. The zero-order valence-electron chi connectivity index (χ0n) is 15.6. The maximum Gasteiger partial charge on any atom is 0.350 e. The Balaban J connectivity index is 1.75. The van der Waals surface area contributed by atoms with Crippen LogP contribution in [0, 0.1) is 11.6 Å². The van der Waals surface area contributed by atoms with Crippen molar-refractivity contribution in [3.05, 3.63) is 100 Å². The molecule has 2 N–H and O–H groups in total. The van der Waals surface area contributed by atoms with Gasteiger partial charge < -0.3 is 5.32 Å². The van der Waals surface area contributed by atoms with Gasteiger partial charge in [-0.2, -0.15) is 4.98 Å². The van der Waals surface area contributed by atoms with Gasteiger partial charge >= 0.3 is 11.7 Å². The van der Waals surface area contributed by atoms with E-state index in [4.69, 9.17) is 0 Å². The highest BCUT2D eigenvalue weighted by molar-refractivity contribution is 6.04. The summed E-state index contributed by atoms with van der Waals surface area (Å²) >= 11 is 0. The third-order valence-corrected chi connectivity index (χ3v) is 4.49. The molecule has 0 unspecified atom stereocenters. The van der Waals surface area contributed by atoms with Crippen molar-refractivity contribution < 1.29 is 13.6 Å². The number of hydrogen-bond acceptors (Lipinski definition) is 3. The summed E-state index contributed by atoms with van der Waals surface area (Å²) in [7, 11) is 0. The number of hydrogen-bond donors (Lipinski definition) is 2. The third kappa shape index (κ3) is 3.88. The van der Waals surface area contributed by atoms with Gasteiger partial charge in [0.25, 0.3) is 0 Å². The predicted molar refractivity (Wildman–Crippen MR) is 111 cm³/mol. The van der Waals surface area contributed by atoms with Crippen LogP contribution in [0.2, 0.25) is 0 Å². The second kappa shape index (κ2) is 8.12. The van der Waals surface area contributed by atoms with Gasteiger partial charge in [-0.05, 0) is 29.8 Å². The van der Waals surface area contributed by atoms with Crippen LogP contribution >= 0.6 is 0 Å². The number of fused-ring (bicyclic) bond motifs is 1. The SMILES string of the molecule is O=C(Nc1c(F)cccc1F)Nc1c2ccccc2nc(=O)n1Cc1ccccc1. The summed E-state index contributed by atoms with van der Waals surface area (Å²) in [5.74, 6) is -1.65. The summed E-state index contributed by atoms with van der Waals surface area (Å²) in [6.45, 7) is 0.154. The Hall–Kier alpha value is -4.07. The lowest BCUT2D eigenvalue weighted by Crippen LogP contribution is -2.30. The lowest BCUT2D eigenvalue weighted by Gasteiger charge is -2.16. The fourth-order valence-electron chi connectivity index (χ4n) is 3.09. The number of amides is 2. The van der Waals surface area contributed by atoms with Gasteiger partial charge in [-0.1, -0.05) is 48.5 Å². The largest absolute Gasteiger partial charge is 0.350 e. The Morgan fingerprint density at radius 1 is 0.867 bits per heavy atom. The molecule has 0 saturated carbocycles. The molecule has 4 rings (SSSR count). The van der Waals surface area contributed by atoms with E-state index < -0.39 is 29.0 Å². The average Bonchev–Trinajstić information content (AvgIpc) is 2.74. The molecule has 4 aromatic rings. The van der Waals surface area contributed by atoms with E-state index in [0.29, 0.717) is 10.9 Å². The van der Waals surface area contributed by atoms with E-state index in [2.05, 4.69) is 15.6 Å². The van der Waals surface area contributed by atoms with Crippen LogP contribution in [0.25, 0.3) is 10.9 Å². The summed E-state index contributed by atoms with van der Waals surface area (Å²) in [6.07, 6.45) is 0. The summed E-state index contributed by atoms with van der Waals surface area (Å²) in [5, 5.41) is 5.23. The van der Waals surface area contributed by atoms with Crippen molar-refractivity contribution in [3.63, 3.8) is 0 Å². The molecule has 0 bridgehead atoms. The van der Waals surface area contributed by atoms with E-state index in [9.17, 15) is 18.4 Å². The van der Waals surface area contributed by atoms with Crippen molar-refractivity contribution in [2.75, 3.05) is 10.6 Å². The molecule has 0 radical (unpaired) electrons. The number of carbonyl (C=O) groups is 1. The number of carbonyl (C=O) groups excluding carboxylic acids is 1. The summed E-state index contributed by atoms with van der Waals surface area (Å²) in [5.41, 5.74) is 0.0646. The van der Waals surface area contributed by atoms with Gasteiger partial charge in [0.1, 0.15) is 23.1 Å². The van der Waals surface area contributed by atoms with Crippen LogP contribution in [-0.4, -0.2) is 15.6 Å². The van der Waals surface area contributed by atoms with Gasteiger partial charge in [-0.3, -0.25) is 9.88 Å². The van der Waals surface area contributed by atoms with Gasteiger partial charge in [-0.25, -0.2) is 18.4 Å². The number of para-hydroxylation sites is 2. The van der Waals surface area contributed by atoms with E-state index in [-0.39, 0.29) is 12.4 Å². The molecule has 8 heteroatoms. The second-order valence-corrected chi connectivity index (χ2v) is 6.51. The molecule has 0 fully saturated rings. The molecular weight excluding hydrogens is 390 g/mol. The van der Waals surface area contributed by atoms with Crippen molar-refractivity contribution in [2.24, 2.45) is 0 Å². The number of anilines is 2. The fraction of sp³-hybridized carbons (Fsp3) is 0.0455. The summed E-state index contributed by atoms with van der Waals surface area (Å²) < 4.78 is 29.1. The maximum atomic E-state index is 13.9. The van der Waals surface area contributed by atoms with Crippen molar-refractivity contribution >= 4 is 28.4 Å². The van der Waals surface area contributed by atoms with Crippen LogP contribution < -0.4 is 16.3 Å². The van der Waals surface area contributed by atoms with Gasteiger partial charge in [0.15, 0.2) is 0 Å². The topological polar surface area (TPSA) is 76.0 Å². The van der Waals surface area contributed by atoms with Crippen LogP contribution in [0.4, 0.5) is 25.1 Å². The maximum absolute atomic E-state index is 13.9. The van der Waals surface area contributed by atoms with E-state index in [1.54, 1.807) is 24.3 Å².